The second-order valence-electron chi connectivity index (χ2n) is 1.16. The average Bonchev–Trinajstić information content (AvgIpc) is 2.12. The van der Waals surface area contributed by atoms with Gasteiger partial charge in [-0.2, -0.15) is 0 Å². The molecule has 1 heterocycles. The molecular formula is C4H2NOS2. The number of carbonyl (C=O) groups is 1. The number of hydrogen-bond donors (Lipinski definition) is 0. The molecule has 0 spiro atoms. The second kappa shape index (κ2) is 2.19. The Kier molecular flexibility index (Phi) is 1.55. The zero-order valence-electron chi connectivity index (χ0n) is 3.83. The van der Waals surface area contributed by atoms with E-state index in [0.717, 1.165) is 11.5 Å². The Bertz CT molecular complexity index is 182. The van der Waals surface area contributed by atoms with E-state index in [1.165, 1.54) is 0 Å². The van der Waals surface area contributed by atoms with Crippen molar-refractivity contribution >= 4 is 29.3 Å². The Hall–Kier alpha value is -0.480. The van der Waals surface area contributed by atoms with Crippen LogP contribution in [0, 0.1) is 0 Å². The lowest BCUT2D eigenvalue weighted by atomic mass is 10.5. The van der Waals surface area contributed by atoms with Crippen LogP contribution in [0.15, 0.2) is 12.3 Å². The van der Waals surface area contributed by atoms with Crippen molar-refractivity contribution < 1.29 is 4.79 Å². The molecule has 0 aliphatic carbocycles. The smallest absolute Gasteiger partial charge is 0.260 e. The van der Waals surface area contributed by atoms with E-state index in [4.69, 9.17) is 0 Å². The lowest BCUT2D eigenvalue weighted by molar-refractivity contribution is 0.109. The van der Waals surface area contributed by atoms with Crippen LogP contribution in [0.1, 0.15) is 9.67 Å². The minimum atomic E-state index is -0.326. The Balaban J connectivity index is 2.93. The molecule has 1 rings (SSSR count). The van der Waals surface area contributed by atoms with Gasteiger partial charge in [0.25, 0.3) is 5.12 Å². The second-order valence-corrected chi connectivity index (χ2v) is 2.37. The van der Waals surface area contributed by atoms with Crippen molar-refractivity contribution in [1.82, 2.24) is 4.37 Å². The predicted octanol–water partition coefficient (Wildman–Crippen LogP) is 1.48. The minimum absolute atomic E-state index is 0.326. The highest BCUT2D eigenvalue weighted by molar-refractivity contribution is 7.97. The number of hydrogen-bond acceptors (Lipinski definition) is 3. The first kappa shape index (κ1) is 5.65. The predicted molar refractivity (Wildman–Crippen MR) is 34.0 cm³/mol. The number of aromatic nitrogens is 1. The van der Waals surface area contributed by atoms with Gasteiger partial charge in [-0.15, -0.1) is 0 Å². The van der Waals surface area contributed by atoms with Crippen molar-refractivity contribution in [1.29, 1.82) is 0 Å². The summed E-state index contributed by atoms with van der Waals surface area (Å²) >= 11 is 5.46. The minimum Gasteiger partial charge on any atom is -0.275 e. The zero-order valence-corrected chi connectivity index (χ0v) is 5.46. The van der Waals surface area contributed by atoms with Crippen LogP contribution in [0.3, 0.4) is 0 Å². The first-order valence-corrected chi connectivity index (χ1v) is 3.11. The highest BCUT2D eigenvalue weighted by atomic mass is 32.1. The topological polar surface area (TPSA) is 30.0 Å². The van der Waals surface area contributed by atoms with Gasteiger partial charge in [0.05, 0.1) is 0 Å². The molecule has 41 valence electrons. The fraction of sp³-hybridized carbons (Fsp3) is 0. The summed E-state index contributed by atoms with van der Waals surface area (Å²) in [5, 5.41) is -0.326. The summed E-state index contributed by atoms with van der Waals surface area (Å²) in [7, 11) is 0. The van der Waals surface area contributed by atoms with Gasteiger partial charge in [0, 0.05) is 6.20 Å². The maximum Gasteiger partial charge on any atom is 0.260 e. The third-order valence-electron chi connectivity index (χ3n) is 0.639. The molecule has 0 saturated carbocycles. The van der Waals surface area contributed by atoms with Gasteiger partial charge in [-0.1, -0.05) is 0 Å². The SMILES string of the molecule is O=C([S])c1ccns1. The molecule has 0 fully saturated rings. The molecule has 2 nitrogen and oxygen atoms in total. The van der Waals surface area contributed by atoms with Gasteiger partial charge in [-0.3, -0.25) is 4.79 Å². The van der Waals surface area contributed by atoms with Crippen LogP contribution in [0.4, 0.5) is 0 Å². The van der Waals surface area contributed by atoms with E-state index >= 15 is 0 Å². The van der Waals surface area contributed by atoms with Gasteiger partial charge in [0.15, 0.2) is 0 Å². The van der Waals surface area contributed by atoms with Gasteiger partial charge in [-0.25, -0.2) is 4.37 Å². The first-order chi connectivity index (χ1) is 3.80. The van der Waals surface area contributed by atoms with Gasteiger partial charge in [0.2, 0.25) is 0 Å². The summed E-state index contributed by atoms with van der Waals surface area (Å²) in [6.45, 7) is 0. The van der Waals surface area contributed by atoms with Gasteiger partial charge < -0.3 is 0 Å². The normalized spacial score (nSPS) is 9.00. The van der Waals surface area contributed by atoms with Gasteiger partial charge >= 0.3 is 0 Å². The van der Waals surface area contributed by atoms with Crippen LogP contribution < -0.4 is 0 Å². The van der Waals surface area contributed by atoms with Crippen molar-refractivity contribution in [3.8, 4) is 0 Å². The molecule has 0 bridgehead atoms. The van der Waals surface area contributed by atoms with E-state index in [0.29, 0.717) is 4.88 Å². The molecule has 0 aromatic carbocycles. The molecule has 1 aromatic heterocycles. The summed E-state index contributed by atoms with van der Waals surface area (Å²) < 4.78 is 3.70. The monoisotopic (exact) mass is 144 g/mol. The van der Waals surface area contributed by atoms with Crippen LogP contribution in [0.2, 0.25) is 0 Å². The standard InChI is InChI=1S/C4H2NOS2/c6-4(7)3-1-2-5-8-3/h1-2H. The highest BCUT2D eigenvalue weighted by Gasteiger charge is 1.99. The van der Waals surface area contributed by atoms with Crippen molar-refractivity contribution in [2.45, 2.75) is 0 Å². The van der Waals surface area contributed by atoms with Crippen LogP contribution in [-0.4, -0.2) is 9.49 Å². The van der Waals surface area contributed by atoms with E-state index in [2.05, 4.69) is 17.0 Å². The molecule has 8 heavy (non-hydrogen) atoms. The summed E-state index contributed by atoms with van der Waals surface area (Å²) in [5.41, 5.74) is 0. The summed E-state index contributed by atoms with van der Waals surface area (Å²) in [6.07, 6.45) is 1.56. The third kappa shape index (κ3) is 1.02. The summed E-state index contributed by atoms with van der Waals surface area (Å²) in [5.74, 6) is 0. The third-order valence-corrected chi connectivity index (χ3v) is 1.73. The molecule has 0 amide bonds. The zero-order chi connectivity index (χ0) is 5.98. The fourth-order valence-electron chi connectivity index (χ4n) is 0.321. The highest BCUT2D eigenvalue weighted by Crippen LogP contribution is 2.06. The Labute approximate surface area is 56.1 Å². The van der Waals surface area contributed by atoms with E-state index in [1.807, 2.05) is 0 Å². The number of nitrogens with zero attached hydrogens (tertiary/aromatic N) is 1. The van der Waals surface area contributed by atoms with Crippen molar-refractivity contribution in [3.05, 3.63) is 17.1 Å². The average molecular weight is 144 g/mol. The maximum atomic E-state index is 10.3. The number of rotatable bonds is 1. The van der Waals surface area contributed by atoms with Crippen molar-refractivity contribution in [2.75, 3.05) is 0 Å². The molecule has 0 N–H and O–H groups in total. The summed E-state index contributed by atoms with van der Waals surface area (Å²) in [4.78, 5) is 10.8. The lowest BCUT2D eigenvalue weighted by Gasteiger charge is -1.74. The van der Waals surface area contributed by atoms with Crippen LogP contribution in [0.25, 0.3) is 0 Å². The van der Waals surface area contributed by atoms with Gasteiger partial charge in [0.1, 0.15) is 4.88 Å². The fourth-order valence-corrected chi connectivity index (χ4v) is 0.932. The maximum absolute atomic E-state index is 10.3. The first-order valence-electron chi connectivity index (χ1n) is 1.93. The van der Waals surface area contributed by atoms with Crippen LogP contribution in [-0.2, 0) is 0 Å². The van der Waals surface area contributed by atoms with E-state index in [1.54, 1.807) is 12.3 Å². The molecule has 0 aliphatic heterocycles. The molecule has 1 aromatic rings. The van der Waals surface area contributed by atoms with E-state index in [-0.39, 0.29) is 5.12 Å². The molecule has 4 heteroatoms. The Morgan fingerprint density at radius 1 is 1.88 bits per heavy atom. The number of carbonyl (C=O) groups excluding carboxylic acids is 1. The molecule has 1 radical (unpaired) electrons. The van der Waals surface area contributed by atoms with E-state index in [9.17, 15) is 4.79 Å². The van der Waals surface area contributed by atoms with Gasteiger partial charge in [-0.05, 0) is 30.2 Å². The lowest BCUT2D eigenvalue weighted by Crippen LogP contribution is -1.78. The molecular weight excluding hydrogens is 142 g/mol. The molecule has 0 atom stereocenters. The Morgan fingerprint density at radius 3 is 2.88 bits per heavy atom. The molecule has 0 saturated heterocycles. The summed E-state index contributed by atoms with van der Waals surface area (Å²) in [6, 6.07) is 1.61. The van der Waals surface area contributed by atoms with E-state index < -0.39 is 0 Å². The Morgan fingerprint density at radius 2 is 2.62 bits per heavy atom. The van der Waals surface area contributed by atoms with Crippen LogP contribution >= 0.6 is 24.2 Å². The molecule has 0 aliphatic rings. The van der Waals surface area contributed by atoms with Crippen molar-refractivity contribution in [3.63, 3.8) is 0 Å². The quantitative estimate of drug-likeness (QED) is 0.597. The largest absolute Gasteiger partial charge is 0.275 e. The van der Waals surface area contributed by atoms with Crippen molar-refractivity contribution in [2.24, 2.45) is 0 Å². The molecule has 0 unspecified atom stereocenters. The van der Waals surface area contributed by atoms with Crippen LogP contribution in [0.5, 0.6) is 0 Å².